The van der Waals surface area contributed by atoms with Crippen LogP contribution in [-0.2, 0) is 16.8 Å². The van der Waals surface area contributed by atoms with Crippen LogP contribution in [0.15, 0.2) is 40.2 Å². The van der Waals surface area contributed by atoms with E-state index in [-0.39, 0.29) is 5.91 Å². The molecule has 0 aliphatic carbocycles. The largest absolute Gasteiger partial charge is 0.399 e. The normalized spacial score (nSPS) is 11.3. The molecule has 0 spiro atoms. The van der Waals surface area contributed by atoms with E-state index in [2.05, 4.69) is 21.2 Å². The van der Waals surface area contributed by atoms with Gasteiger partial charge >= 0.3 is 0 Å². The molecule has 0 saturated carbocycles. The molecule has 0 bridgehead atoms. The van der Waals surface area contributed by atoms with E-state index in [0.29, 0.717) is 12.2 Å². The number of thiophene rings is 1. The maximum Gasteiger partial charge on any atom is 0.230 e. The van der Waals surface area contributed by atoms with Crippen LogP contribution in [0.2, 0.25) is 0 Å². The Kier molecular flexibility index (Phi) is 4.50. The first-order chi connectivity index (χ1) is 9.39. The average Bonchev–Trinajstić information content (AvgIpc) is 2.82. The van der Waals surface area contributed by atoms with Crippen LogP contribution >= 0.6 is 27.3 Å². The van der Waals surface area contributed by atoms with E-state index >= 15 is 0 Å². The summed E-state index contributed by atoms with van der Waals surface area (Å²) in [6.07, 6.45) is 0. The molecule has 1 aromatic carbocycles. The number of benzene rings is 1. The van der Waals surface area contributed by atoms with Crippen molar-refractivity contribution in [1.82, 2.24) is 5.32 Å². The molecule has 2 rings (SSSR count). The Hall–Kier alpha value is -1.33. The van der Waals surface area contributed by atoms with Gasteiger partial charge in [-0.15, -0.1) is 11.3 Å². The molecule has 3 N–H and O–H groups in total. The van der Waals surface area contributed by atoms with Crippen LogP contribution in [-0.4, -0.2) is 5.91 Å². The summed E-state index contributed by atoms with van der Waals surface area (Å²) < 4.78 is 1.05. The quantitative estimate of drug-likeness (QED) is 0.824. The third-order valence-corrected chi connectivity index (χ3v) is 4.94. The molecule has 0 fully saturated rings. The molecule has 0 unspecified atom stereocenters. The fourth-order valence-corrected chi connectivity index (χ4v) is 3.26. The van der Waals surface area contributed by atoms with Crippen LogP contribution in [0.1, 0.15) is 24.3 Å². The SMILES string of the molecule is CC(C)(C(=O)NCc1cc(Br)cs1)c1ccc(N)cc1. The molecule has 0 atom stereocenters. The van der Waals surface area contributed by atoms with Gasteiger partial charge < -0.3 is 11.1 Å². The predicted octanol–water partition coefficient (Wildman–Crippen LogP) is 3.69. The van der Waals surface area contributed by atoms with Crippen molar-refractivity contribution in [2.45, 2.75) is 25.8 Å². The molecule has 0 aliphatic heterocycles. The summed E-state index contributed by atoms with van der Waals surface area (Å²) in [5.74, 6) is 0.00629. The molecular weight excluding hydrogens is 336 g/mol. The highest BCUT2D eigenvalue weighted by Crippen LogP contribution is 2.25. The molecular formula is C15H17BrN2OS. The zero-order valence-corrected chi connectivity index (χ0v) is 13.8. The Labute approximate surface area is 131 Å². The summed E-state index contributed by atoms with van der Waals surface area (Å²) in [6, 6.07) is 9.45. The highest BCUT2D eigenvalue weighted by Gasteiger charge is 2.29. The summed E-state index contributed by atoms with van der Waals surface area (Å²) >= 11 is 5.03. The Morgan fingerprint density at radius 1 is 1.35 bits per heavy atom. The molecule has 1 amide bonds. The Morgan fingerprint density at radius 2 is 2.00 bits per heavy atom. The minimum absolute atomic E-state index is 0.00629. The van der Waals surface area contributed by atoms with Gasteiger partial charge in [0.05, 0.1) is 12.0 Å². The predicted molar refractivity (Wildman–Crippen MR) is 87.7 cm³/mol. The monoisotopic (exact) mass is 352 g/mol. The molecule has 5 heteroatoms. The number of halogens is 1. The van der Waals surface area contributed by atoms with Gasteiger partial charge in [0.15, 0.2) is 0 Å². The van der Waals surface area contributed by atoms with Crippen molar-refractivity contribution < 1.29 is 4.79 Å². The summed E-state index contributed by atoms with van der Waals surface area (Å²) in [6.45, 7) is 4.38. The van der Waals surface area contributed by atoms with Crippen LogP contribution in [0, 0.1) is 0 Å². The number of nitrogen functional groups attached to an aromatic ring is 1. The van der Waals surface area contributed by atoms with Crippen LogP contribution in [0.5, 0.6) is 0 Å². The zero-order valence-electron chi connectivity index (χ0n) is 11.4. The van der Waals surface area contributed by atoms with E-state index in [1.165, 1.54) is 0 Å². The summed E-state index contributed by atoms with van der Waals surface area (Å²) in [5.41, 5.74) is 6.76. The lowest BCUT2D eigenvalue weighted by Crippen LogP contribution is -2.39. The number of rotatable bonds is 4. The second kappa shape index (κ2) is 5.97. The van der Waals surface area contributed by atoms with Crippen molar-refractivity contribution in [2.75, 3.05) is 5.73 Å². The van der Waals surface area contributed by atoms with Crippen molar-refractivity contribution in [3.8, 4) is 0 Å². The summed E-state index contributed by atoms with van der Waals surface area (Å²) in [5, 5.41) is 4.99. The number of carbonyl (C=O) groups is 1. The topological polar surface area (TPSA) is 55.1 Å². The second-order valence-corrected chi connectivity index (χ2v) is 7.07. The van der Waals surface area contributed by atoms with Gasteiger partial charge in [-0.1, -0.05) is 12.1 Å². The fraction of sp³-hybridized carbons (Fsp3) is 0.267. The third-order valence-electron chi connectivity index (χ3n) is 3.24. The van der Waals surface area contributed by atoms with E-state index in [9.17, 15) is 4.79 Å². The summed E-state index contributed by atoms with van der Waals surface area (Å²) in [7, 11) is 0. The number of amides is 1. The molecule has 1 aromatic heterocycles. The van der Waals surface area contributed by atoms with Crippen molar-refractivity contribution in [2.24, 2.45) is 0 Å². The number of hydrogen-bond acceptors (Lipinski definition) is 3. The van der Waals surface area contributed by atoms with Crippen molar-refractivity contribution in [1.29, 1.82) is 0 Å². The molecule has 0 aliphatic rings. The number of nitrogens with one attached hydrogen (secondary N) is 1. The number of carbonyl (C=O) groups excluding carboxylic acids is 1. The van der Waals surface area contributed by atoms with Crippen LogP contribution in [0.4, 0.5) is 5.69 Å². The first kappa shape index (κ1) is 15.1. The standard InChI is InChI=1S/C15H17BrN2OS/c1-15(2,10-3-5-12(17)6-4-10)14(19)18-8-13-7-11(16)9-20-13/h3-7,9H,8,17H2,1-2H3,(H,18,19). The van der Waals surface area contributed by atoms with E-state index in [1.54, 1.807) is 11.3 Å². The van der Waals surface area contributed by atoms with Gasteiger partial charge in [-0.2, -0.15) is 0 Å². The van der Waals surface area contributed by atoms with Gasteiger partial charge in [0.25, 0.3) is 0 Å². The minimum atomic E-state index is -0.581. The van der Waals surface area contributed by atoms with Crippen molar-refractivity contribution in [3.05, 3.63) is 50.6 Å². The maximum atomic E-state index is 12.4. The van der Waals surface area contributed by atoms with Gasteiger partial charge in [0.1, 0.15) is 0 Å². The van der Waals surface area contributed by atoms with Gasteiger partial charge in [-0.05, 0) is 53.5 Å². The van der Waals surface area contributed by atoms with Gasteiger partial charge in [0.2, 0.25) is 5.91 Å². The molecule has 0 radical (unpaired) electrons. The van der Waals surface area contributed by atoms with Crippen molar-refractivity contribution in [3.63, 3.8) is 0 Å². The molecule has 1 heterocycles. The first-order valence-corrected chi connectivity index (χ1v) is 7.94. The van der Waals surface area contributed by atoms with Crippen LogP contribution in [0.25, 0.3) is 0 Å². The fourth-order valence-electron chi connectivity index (χ4n) is 1.87. The molecule has 2 aromatic rings. The molecule has 3 nitrogen and oxygen atoms in total. The van der Waals surface area contributed by atoms with E-state index in [1.807, 2.05) is 49.6 Å². The average molecular weight is 353 g/mol. The molecule has 20 heavy (non-hydrogen) atoms. The van der Waals surface area contributed by atoms with E-state index in [0.717, 1.165) is 14.9 Å². The smallest absolute Gasteiger partial charge is 0.230 e. The minimum Gasteiger partial charge on any atom is -0.399 e. The van der Waals surface area contributed by atoms with Gasteiger partial charge in [0, 0.05) is 20.4 Å². The van der Waals surface area contributed by atoms with Crippen LogP contribution < -0.4 is 11.1 Å². The van der Waals surface area contributed by atoms with Gasteiger partial charge in [-0.3, -0.25) is 4.79 Å². The molecule has 0 saturated heterocycles. The van der Waals surface area contributed by atoms with Crippen molar-refractivity contribution >= 4 is 38.9 Å². The third kappa shape index (κ3) is 3.41. The Morgan fingerprint density at radius 3 is 2.55 bits per heavy atom. The van der Waals surface area contributed by atoms with E-state index < -0.39 is 5.41 Å². The summed E-state index contributed by atoms with van der Waals surface area (Å²) in [4.78, 5) is 13.5. The molecule has 106 valence electrons. The van der Waals surface area contributed by atoms with Crippen LogP contribution in [0.3, 0.4) is 0 Å². The lowest BCUT2D eigenvalue weighted by molar-refractivity contribution is -0.125. The highest BCUT2D eigenvalue weighted by atomic mass is 79.9. The second-order valence-electron chi connectivity index (χ2n) is 5.16. The number of hydrogen-bond donors (Lipinski definition) is 2. The lowest BCUT2D eigenvalue weighted by atomic mass is 9.83. The Bertz CT molecular complexity index is 605. The zero-order chi connectivity index (χ0) is 14.8. The highest BCUT2D eigenvalue weighted by molar-refractivity contribution is 9.10. The number of anilines is 1. The van der Waals surface area contributed by atoms with E-state index in [4.69, 9.17) is 5.73 Å². The number of nitrogens with two attached hydrogens (primary N) is 1. The Balaban J connectivity index is 2.05. The maximum absolute atomic E-state index is 12.4. The first-order valence-electron chi connectivity index (χ1n) is 6.27. The lowest BCUT2D eigenvalue weighted by Gasteiger charge is -2.24. The van der Waals surface area contributed by atoms with Gasteiger partial charge in [-0.25, -0.2) is 0 Å².